The molecule has 4 N–H and O–H groups in total. The molecule has 1 aliphatic rings. The van der Waals surface area contributed by atoms with Gasteiger partial charge in [-0.25, -0.2) is 9.37 Å². The summed E-state index contributed by atoms with van der Waals surface area (Å²) in [5.74, 6) is -9.75. The molecule has 1 fully saturated rings. The first-order chi connectivity index (χ1) is 18.1. The second-order valence-electron chi connectivity index (χ2n) is 8.80. The number of methoxy groups -OCH3 is 1. The Bertz CT molecular complexity index is 1360. The maximum absolute atomic E-state index is 14.5. The number of nitriles is 1. The number of amides is 3. The van der Waals surface area contributed by atoms with E-state index in [1.807, 2.05) is 0 Å². The van der Waals surface area contributed by atoms with E-state index in [1.165, 1.54) is 0 Å². The Morgan fingerprint density at radius 3 is 2.46 bits per heavy atom. The molecule has 1 saturated heterocycles. The first-order valence-electron chi connectivity index (χ1n) is 11.2. The normalized spacial score (nSPS) is 22.6. The minimum Gasteiger partial charge on any atom is -0.493 e. The summed E-state index contributed by atoms with van der Waals surface area (Å²) < 4.78 is 80.9. The molecule has 1 aromatic carbocycles. The number of carbonyl (C=O) groups is 3. The van der Waals surface area contributed by atoms with Crippen LogP contribution in [0.4, 0.5) is 33.5 Å². The molecular weight excluding hydrogens is 533 g/mol. The summed E-state index contributed by atoms with van der Waals surface area (Å²) >= 11 is 0. The van der Waals surface area contributed by atoms with Crippen molar-refractivity contribution in [2.24, 2.45) is 11.7 Å². The second kappa shape index (κ2) is 10.8. The van der Waals surface area contributed by atoms with Gasteiger partial charge in [0.25, 0.3) is 11.8 Å². The number of halogens is 5. The van der Waals surface area contributed by atoms with Crippen LogP contribution in [0, 0.1) is 28.9 Å². The van der Waals surface area contributed by atoms with Crippen LogP contribution in [-0.2, 0) is 14.3 Å². The summed E-state index contributed by atoms with van der Waals surface area (Å²) in [6, 6.07) is 5.35. The summed E-state index contributed by atoms with van der Waals surface area (Å²) in [4.78, 5) is 40.6. The van der Waals surface area contributed by atoms with Crippen LogP contribution in [0.15, 0.2) is 24.3 Å². The third-order valence-electron chi connectivity index (χ3n) is 6.42. The molecule has 0 aliphatic carbocycles. The van der Waals surface area contributed by atoms with Gasteiger partial charge in [-0.1, -0.05) is 13.0 Å². The highest BCUT2D eigenvalue weighted by atomic mass is 19.4. The highest BCUT2D eigenvalue weighted by molar-refractivity contribution is 5.99. The van der Waals surface area contributed by atoms with E-state index in [9.17, 15) is 36.3 Å². The number of hydrogen-bond donors (Lipinski definition) is 3. The lowest BCUT2D eigenvalue weighted by atomic mass is 9.77. The van der Waals surface area contributed by atoms with E-state index in [0.717, 1.165) is 39.2 Å². The smallest absolute Gasteiger partial charge is 0.417 e. The number of primary amides is 1. The number of rotatable bonds is 7. The zero-order chi connectivity index (χ0) is 29.3. The first-order valence-corrected chi connectivity index (χ1v) is 11.2. The number of hydrogen-bond acceptors (Lipinski definition) is 7. The standard InChI is InChI=1S/C24H22F5N5O5/c1-10-17(12-4-5-13(25)18(26)19(12)38-3)20(39-23(10,2)24(27,28)29)22(37)32-11-8-14(21(31)36)33-15(9-11)34-16(35)6-7-30/h4-5,8-10,17,20H,6H2,1-3H3,(H2,31,36)(H2,32,33,34,35,37)/t10-,17-,20+,23+/m0/s1. The van der Waals surface area contributed by atoms with Crippen molar-refractivity contribution in [3.8, 4) is 11.8 Å². The predicted molar refractivity (Wildman–Crippen MR) is 124 cm³/mol. The van der Waals surface area contributed by atoms with E-state index in [0.29, 0.717) is 6.07 Å². The van der Waals surface area contributed by atoms with Crippen LogP contribution in [-0.4, -0.2) is 47.7 Å². The van der Waals surface area contributed by atoms with Gasteiger partial charge in [0.15, 0.2) is 17.2 Å². The minimum absolute atomic E-state index is 0.219. The summed E-state index contributed by atoms with van der Waals surface area (Å²) in [5.41, 5.74) is 1.47. The molecule has 4 atom stereocenters. The van der Waals surface area contributed by atoms with Crippen molar-refractivity contribution in [2.45, 2.75) is 44.1 Å². The fourth-order valence-corrected chi connectivity index (χ4v) is 4.31. The van der Waals surface area contributed by atoms with Crippen molar-refractivity contribution in [2.75, 3.05) is 17.7 Å². The molecular formula is C24H22F5N5O5. The number of pyridine rings is 1. The number of nitrogens with zero attached hydrogens (tertiary/aromatic N) is 2. The molecule has 0 spiro atoms. The molecule has 1 aromatic heterocycles. The molecule has 10 nitrogen and oxygen atoms in total. The van der Waals surface area contributed by atoms with Gasteiger partial charge in [0, 0.05) is 29.2 Å². The molecule has 15 heteroatoms. The van der Waals surface area contributed by atoms with Gasteiger partial charge in [0.05, 0.1) is 13.2 Å². The lowest BCUT2D eigenvalue weighted by molar-refractivity contribution is -0.272. The number of nitrogens with two attached hydrogens (primary N) is 1. The fraction of sp³-hybridized carbons (Fsp3) is 0.375. The van der Waals surface area contributed by atoms with E-state index in [2.05, 4.69) is 15.6 Å². The minimum atomic E-state index is -4.97. The van der Waals surface area contributed by atoms with Crippen LogP contribution in [0.3, 0.4) is 0 Å². The summed E-state index contributed by atoms with van der Waals surface area (Å²) in [7, 11) is 0.990. The Balaban J connectivity index is 2.07. The number of benzene rings is 1. The fourth-order valence-electron chi connectivity index (χ4n) is 4.31. The van der Waals surface area contributed by atoms with Crippen LogP contribution in [0.1, 0.15) is 42.2 Å². The molecule has 3 amide bonds. The van der Waals surface area contributed by atoms with Crippen LogP contribution in [0.25, 0.3) is 0 Å². The van der Waals surface area contributed by atoms with Gasteiger partial charge in [-0.2, -0.15) is 22.8 Å². The molecule has 0 saturated carbocycles. The zero-order valence-electron chi connectivity index (χ0n) is 20.7. The van der Waals surface area contributed by atoms with Crippen molar-refractivity contribution in [3.05, 3.63) is 47.2 Å². The van der Waals surface area contributed by atoms with E-state index in [4.69, 9.17) is 20.5 Å². The largest absolute Gasteiger partial charge is 0.493 e. The number of aromatic nitrogens is 1. The summed E-state index contributed by atoms with van der Waals surface area (Å²) in [5, 5.41) is 13.2. The van der Waals surface area contributed by atoms with Gasteiger partial charge >= 0.3 is 6.18 Å². The molecule has 0 bridgehead atoms. The van der Waals surface area contributed by atoms with Crippen molar-refractivity contribution in [1.29, 1.82) is 5.26 Å². The maximum Gasteiger partial charge on any atom is 0.417 e. The van der Waals surface area contributed by atoms with Gasteiger partial charge in [-0.3, -0.25) is 14.4 Å². The molecule has 0 unspecified atom stereocenters. The van der Waals surface area contributed by atoms with E-state index >= 15 is 0 Å². The van der Waals surface area contributed by atoms with Crippen LogP contribution in [0.5, 0.6) is 5.75 Å². The average Bonchev–Trinajstić information content (AvgIpc) is 3.12. The van der Waals surface area contributed by atoms with E-state index in [-0.39, 0.29) is 17.1 Å². The third kappa shape index (κ3) is 5.60. The molecule has 39 heavy (non-hydrogen) atoms. The van der Waals surface area contributed by atoms with E-state index < -0.39 is 76.9 Å². The Morgan fingerprint density at radius 1 is 1.23 bits per heavy atom. The van der Waals surface area contributed by atoms with Crippen LogP contribution < -0.4 is 21.1 Å². The second-order valence-corrected chi connectivity index (χ2v) is 8.80. The van der Waals surface area contributed by atoms with E-state index in [1.54, 1.807) is 6.07 Å². The number of nitrogens with one attached hydrogen (secondary N) is 2. The highest BCUT2D eigenvalue weighted by Gasteiger charge is 2.65. The van der Waals surface area contributed by atoms with Gasteiger partial charge < -0.3 is 25.8 Å². The van der Waals surface area contributed by atoms with Gasteiger partial charge in [0.1, 0.15) is 24.0 Å². The lowest BCUT2D eigenvalue weighted by Gasteiger charge is -2.32. The summed E-state index contributed by atoms with van der Waals surface area (Å²) in [6.07, 6.45) is -7.45. The molecule has 3 rings (SSSR count). The van der Waals surface area contributed by atoms with Crippen LogP contribution in [0.2, 0.25) is 0 Å². The number of carbonyl (C=O) groups excluding carboxylic acids is 3. The summed E-state index contributed by atoms with van der Waals surface area (Å²) in [6.45, 7) is 1.87. The van der Waals surface area contributed by atoms with Crippen LogP contribution >= 0.6 is 0 Å². The molecule has 2 heterocycles. The van der Waals surface area contributed by atoms with Crippen molar-refractivity contribution >= 4 is 29.2 Å². The first kappa shape index (κ1) is 29.2. The monoisotopic (exact) mass is 555 g/mol. The molecule has 2 aromatic rings. The molecule has 208 valence electrons. The SMILES string of the molecule is COc1c([C@H]2[C@H](C(=O)Nc3cc(NC(=O)CC#N)nc(C(N)=O)c3)O[C@@](C)(C(F)(F)F)[C@H]2C)ccc(F)c1F. The Kier molecular flexibility index (Phi) is 8.11. The molecule has 1 aliphatic heterocycles. The van der Waals surface area contributed by atoms with Gasteiger partial charge in [0.2, 0.25) is 11.7 Å². The van der Waals surface area contributed by atoms with Crippen molar-refractivity contribution < 1.29 is 45.8 Å². The van der Waals surface area contributed by atoms with Gasteiger partial charge in [-0.15, -0.1) is 0 Å². The average molecular weight is 555 g/mol. The van der Waals surface area contributed by atoms with Crippen molar-refractivity contribution in [1.82, 2.24) is 4.98 Å². The number of alkyl halides is 3. The predicted octanol–water partition coefficient (Wildman–Crippen LogP) is 3.40. The molecule has 0 radical (unpaired) electrons. The third-order valence-corrected chi connectivity index (χ3v) is 6.42. The number of anilines is 2. The number of ether oxygens (including phenoxy) is 2. The highest BCUT2D eigenvalue weighted by Crippen LogP contribution is 2.55. The Hall–Kier alpha value is -4.32. The topological polar surface area (TPSA) is 156 Å². The Morgan fingerprint density at radius 2 is 1.90 bits per heavy atom. The van der Waals surface area contributed by atoms with Gasteiger partial charge in [-0.05, 0) is 19.1 Å². The maximum atomic E-state index is 14.5. The zero-order valence-corrected chi connectivity index (χ0v) is 20.7. The van der Waals surface area contributed by atoms with Crippen molar-refractivity contribution in [3.63, 3.8) is 0 Å². The Labute approximate surface area is 218 Å². The lowest BCUT2D eigenvalue weighted by Crippen LogP contribution is -2.47. The quantitative estimate of drug-likeness (QED) is 0.442.